The summed E-state index contributed by atoms with van der Waals surface area (Å²) in [6, 6.07) is 0. The molecule has 0 radical (unpaired) electrons. The zero-order valence-electron chi connectivity index (χ0n) is 11.8. The van der Waals surface area contributed by atoms with Crippen LogP contribution < -0.4 is 0 Å². The molecule has 2 unspecified atom stereocenters. The van der Waals surface area contributed by atoms with Gasteiger partial charge in [-0.3, -0.25) is 19.2 Å². The summed E-state index contributed by atoms with van der Waals surface area (Å²) < 4.78 is 9.40. The second-order valence-corrected chi connectivity index (χ2v) is 5.38. The molecule has 1 saturated carbocycles. The Kier molecular flexibility index (Phi) is 3.85. The van der Waals surface area contributed by atoms with Crippen molar-refractivity contribution in [2.45, 2.75) is 19.3 Å². The second-order valence-electron chi connectivity index (χ2n) is 5.38. The third-order valence-electron chi connectivity index (χ3n) is 4.28. The number of rotatable bonds is 4. The minimum atomic E-state index is -1.47. The Morgan fingerprint density at radius 1 is 1.29 bits per heavy atom. The van der Waals surface area contributed by atoms with Gasteiger partial charge < -0.3 is 14.6 Å². The van der Waals surface area contributed by atoms with E-state index in [4.69, 9.17) is 14.6 Å². The predicted molar refractivity (Wildman–Crippen MR) is 68.0 cm³/mol. The molecule has 0 aliphatic heterocycles. The largest absolute Gasteiger partial charge is 0.481 e. The minimum absolute atomic E-state index is 0.0405. The number of hydrogen-bond donors (Lipinski definition) is 1. The van der Waals surface area contributed by atoms with Crippen LogP contribution in [0.25, 0.3) is 0 Å². The predicted octanol–water partition coefficient (Wildman–Crippen LogP) is 0.329. The number of carbonyl (C=O) groups is 4. The molecule has 7 heteroatoms. The molecule has 2 rings (SSSR count). The monoisotopic (exact) mass is 296 g/mol. The van der Waals surface area contributed by atoms with Gasteiger partial charge in [0.1, 0.15) is 0 Å². The van der Waals surface area contributed by atoms with Gasteiger partial charge >= 0.3 is 17.9 Å². The lowest BCUT2D eigenvalue weighted by molar-refractivity contribution is -0.169. The normalized spacial score (nSPS) is 26.0. The van der Waals surface area contributed by atoms with Crippen LogP contribution in [0.5, 0.6) is 0 Å². The summed E-state index contributed by atoms with van der Waals surface area (Å²) >= 11 is 0. The Bertz CT molecular complexity index is 530. The van der Waals surface area contributed by atoms with E-state index in [0.717, 1.165) is 0 Å². The van der Waals surface area contributed by atoms with Crippen molar-refractivity contribution in [2.75, 3.05) is 14.2 Å². The number of methoxy groups -OCH3 is 2. The van der Waals surface area contributed by atoms with Crippen molar-refractivity contribution in [3.63, 3.8) is 0 Å². The molecule has 114 valence electrons. The Morgan fingerprint density at radius 3 is 2.33 bits per heavy atom. The van der Waals surface area contributed by atoms with Crippen LogP contribution in [0, 0.1) is 17.3 Å². The molecule has 2 aliphatic carbocycles. The smallest absolute Gasteiger partial charge is 0.323 e. The third kappa shape index (κ3) is 2.32. The summed E-state index contributed by atoms with van der Waals surface area (Å²) in [6.07, 6.45) is 1.12. The summed E-state index contributed by atoms with van der Waals surface area (Å²) in [7, 11) is 2.35. The van der Waals surface area contributed by atoms with Crippen molar-refractivity contribution in [3.05, 3.63) is 11.6 Å². The number of aliphatic carboxylic acids is 1. The highest BCUT2D eigenvalue weighted by Crippen LogP contribution is 2.53. The number of ether oxygens (including phenoxy) is 2. The summed E-state index contributed by atoms with van der Waals surface area (Å²) in [5.41, 5.74) is -0.848. The summed E-state index contributed by atoms with van der Waals surface area (Å²) in [5.74, 6) is -3.93. The number of carboxylic acids is 1. The lowest BCUT2D eigenvalue weighted by Crippen LogP contribution is -2.40. The molecule has 7 nitrogen and oxygen atoms in total. The highest BCUT2D eigenvalue weighted by atomic mass is 16.5. The van der Waals surface area contributed by atoms with Crippen molar-refractivity contribution < 1.29 is 33.8 Å². The number of ketones is 1. The van der Waals surface area contributed by atoms with Crippen molar-refractivity contribution in [3.8, 4) is 0 Å². The molecule has 1 fully saturated rings. The first-order chi connectivity index (χ1) is 9.85. The molecule has 2 atom stereocenters. The van der Waals surface area contributed by atoms with Gasteiger partial charge in [-0.2, -0.15) is 0 Å². The Morgan fingerprint density at radius 2 is 1.86 bits per heavy atom. The van der Waals surface area contributed by atoms with Crippen LogP contribution in [0.15, 0.2) is 11.6 Å². The molecule has 2 aliphatic rings. The molecular formula is C14H16O7. The van der Waals surface area contributed by atoms with Crippen LogP contribution >= 0.6 is 0 Å². The molecule has 0 spiro atoms. The van der Waals surface area contributed by atoms with Crippen LogP contribution in [-0.4, -0.2) is 43.0 Å². The lowest BCUT2D eigenvalue weighted by atomic mass is 9.81. The molecule has 21 heavy (non-hydrogen) atoms. The summed E-state index contributed by atoms with van der Waals surface area (Å²) in [5, 5.41) is 8.89. The molecule has 0 saturated heterocycles. The molecule has 0 bridgehead atoms. The Labute approximate surface area is 120 Å². The highest BCUT2D eigenvalue weighted by molar-refractivity contribution is 6.04. The lowest BCUT2D eigenvalue weighted by Gasteiger charge is -2.24. The van der Waals surface area contributed by atoms with Gasteiger partial charge in [-0.25, -0.2) is 0 Å². The van der Waals surface area contributed by atoms with Crippen LogP contribution in [0.2, 0.25) is 0 Å². The summed E-state index contributed by atoms with van der Waals surface area (Å²) in [6.45, 7) is 0. The van der Waals surface area contributed by atoms with E-state index in [0.29, 0.717) is 5.57 Å². The van der Waals surface area contributed by atoms with Gasteiger partial charge in [-0.15, -0.1) is 0 Å². The van der Waals surface area contributed by atoms with E-state index in [1.165, 1.54) is 20.3 Å². The van der Waals surface area contributed by atoms with E-state index < -0.39 is 35.2 Å². The maximum Gasteiger partial charge on any atom is 0.323 e. The van der Waals surface area contributed by atoms with Crippen molar-refractivity contribution in [1.82, 2.24) is 0 Å². The van der Waals surface area contributed by atoms with Gasteiger partial charge in [0.15, 0.2) is 11.2 Å². The van der Waals surface area contributed by atoms with Crippen LogP contribution in [0.4, 0.5) is 0 Å². The van der Waals surface area contributed by atoms with Crippen molar-refractivity contribution in [2.24, 2.45) is 17.3 Å². The average molecular weight is 296 g/mol. The number of carbonyl (C=O) groups excluding carboxylic acids is 3. The Balaban J connectivity index is 2.34. The zero-order chi connectivity index (χ0) is 15.8. The molecule has 0 aromatic rings. The van der Waals surface area contributed by atoms with Gasteiger partial charge in [-0.05, 0) is 24.8 Å². The maximum atomic E-state index is 12.0. The van der Waals surface area contributed by atoms with Crippen LogP contribution in [0.1, 0.15) is 19.3 Å². The van der Waals surface area contributed by atoms with E-state index in [2.05, 4.69) is 0 Å². The standard InChI is InChI=1S/C14H16O7/c1-20-12(18)14(13(19)21-2)5-7-3-10(15)8(4-11(16)17)9(7)6-14/h3,8-9H,4-6H2,1-2H3,(H,16,17). The van der Waals surface area contributed by atoms with Crippen LogP contribution in [-0.2, 0) is 28.7 Å². The molecule has 0 aromatic carbocycles. The minimum Gasteiger partial charge on any atom is -0.481 e. The fraction of sp³-hybridized carbons (Fsp3) is 0.571. The van der Waals surface area contributed by atoms with E-state index >= 15 is 0 Å². The van der Waals surface area contributed by atoms with E-state index in [1.54, 1.807) is 0 Å². The van der Waals surface area contributed by atoms with Gasteiger partial charge in [0.05, 0.1) is 20.6 Å². The Hall–Kier alpha value is -2.18. The van der Waals surface area contributed by atoms with Gasteiger partial charge in [0, 0.05) is 5.92 Å². The molecule has 0 aromatic heterocycles. The fourth-order valence-electron chi connectivity index (χ4n) is 3.32. The third-order valence-corrected chi connectivity index (χ3v) is 4.28. The van der Waals surface area contributed by atoms with E-state index in [9.17, 15) is 19.2 Å². The van der Waals surface area contributed by atoms with Crippen molar-refractivity contribution >= 4 is 23.7 Å². The molecule has 1 N–H and O–H groups in total. The zero-order valence-corrected chi connectivity index (χ0v) is 11.8. The van der Waals surface area contributed by atoms with Gasteiger partial charge in [-0.1, -0.05) is 5.57 Å². The number of hydrogen-bond acceptors (Lipinski definition) is 6. The number of fused-ring (bicyclic) bond motifs is 1. The SMILES string of the molecule is COC(=O)C1(C(=O)OC)CC2=CC(=O)C(CC(=O)O)C2C1. The maximum absolute atomic E-state index is 12.0. The molecule has 0 amide bonds. The first-order valence-corrected chi connectivity index (χ1v) is 6.48. The highest BCUT2D eigenvalue weighted by Gasteiger charge is 2.59. The van der Waals surface area contributed by atoms with E-state index in [-0.39, 0.29) is 25.0 Å². The quantitative estimate of drug-likeness (QED) is 0.588. The van der Waals surface area contributed by atoms with Crippen LogP contribution in [0.3, 0.4) is 0 Å². The van der Waals surface area contributed by atoms with Gasteiger partial charge in [0.2, 0.25) is 0 Å². The fourth-order valence-corrected chi connectivity index (χ4v) is 3.32. The van der Waals surface area contributed by atoms with Crippen molar-refractivity contribution in [1.29, 1.82) is 0 Å². The van der Waals surface area contributed by atoms with Gasteiger partial charge in [0.25, 0.3) is 0 Å². The average Bonchev–Trinajstić information content (AvgIpc) is 2.94. The topological polar surface area (TPSA) is 107 Å². The number of allylic oxidation sites excluding steroid dienone is 2. The van der Waals surface area contributed by atoms with E-state index in [1.807, 2.05) is 0 Å². The number of carboxylic acid groups (broad SMARTS) is 1. The second kappa shape index (κ2) is 5.31. The molecular weight excluding hydrogens is 280 g/mol. The first-order valence-electron chi connectivity index (χ1n) is 6.48. The first kappa shape index (κ1) is 15.2. The molecule has 0 heterocycles. The summed E-state index contributed by atoms with van der Waals surface area (Å²) in [4.78, 5) is 46.8. The number of esters is 2.